The van der Waals surface area contributed by atoms with Crippen molar-refractivity contribution in [1.82, 2.24) is 0 Å². The van der Waals surface area contributed by atoms with Gasteiger partial charge in [-0.25, -0.2) is 0 Å². The molecule has 0 spiro atoms. The SMILES string of the molecule is Cc1ccccc1SCCC(C)(C)CN. The maximum Gasteiger partial charge on any atom is 0.0101 e. The van der Waals surface area contributed by atoms with Gasteiger partial charge in [-0.3, -0.25) is 0 Å². The molecule has 0 saturated heterocycles. The second-order valence-corrected chi connectivity index (χ2v) is 5.87. The van der Waals surface area contributed by atoms with Gasteiger partial charge in [-0.15, -0.1) is 11.8 Å². The number of benzene rings is 1. The summed E-state index contributed by atoms with van der Waals surface area (Å²) in [5, 5.41) is 0. The molecule has 0 unspecified atom stereocenters. The van der Waals surface area contributed by atoms with Crippen molar-refractivity contribution in [2.24, 2.45) is 11.1 Å². The van der Waals surface area contributed by atoms with Crippen LogP contribution in [0.1, 0.15) is 25.8 Å². The Bertz CT molecular complexity index is 307. The molecule has 0 fully saturated rings. The third-order valence-electron chi connectivity index (χ3n) is 2.68. The average molecular weight is 223 g/mol. The molecule has 1 nitrogen and oxygen atoms in total. The lowest BCUT2D eigenvalue weighted by atomic mass is 9.91. The number of rotatable bonds is 5. The van der Waals surface area contributed by atoms with Crippen LogP contribution in [0.3, 0.4) is 0 Å². The standard InChI is InChI=1S/C13H21NS/c1-11-6-4-5-7-12(11)15-9-8-13(2,3)10-14/h4-7H,8-10,14H2,1-3H3. The topological polar surface area (TPSA) is 26.0 Å². The first-order valence-corrected chi connectivity index (χ1v) is 6.42. The summed E-state index contributed by atoms with van der Waals surface area (Å²) in [4.78, 5) is 1.39. The van der Waals surface area contributed by atoms with Gasteiger partial charge in [0, 0.05) is 4.90 Å². The largest absolute Gasteiger partial charge is 0.330 e. The van der Waals surface area contributed by atoms with Crippen molar-refractivity contribution in [2.45, 2.75) is 32.1 Å². The van der Waals surface area contributed by atoms with Crippen LogP contribution < -0.4 is 5.73 Å². The Kier molecular flexibility index (Phi) is 4.68. The van der Waals surface area contributed by atoms with E-state index in [1.807, 2.05) is 11.8 Å². The quantitative estimate of drug-likeness (QED) is 0.774. The van der Waals surface area contributed by atoms with Crippen molar-refractivity contribution in [3.8, 4) is 0 Å². The second kappa shape index (κ2) is 5.57. The van der Waals surface area contributed by atoms with E-state index in [2.05, 4.69) is 45.0 Å². The molecule has 0 bridgehead atoms. The van der Waals surface area contributed by atoms with Crippen LogP contribution in [0.2, 0.25) is 0 Å². The van der Waals surface area contributed by atoms with E-state index in [0.717, 1.165) is 12.3 Å². The minimum Gasteiger partial charge on any atom is -0.330 e. The minimum atomic E-state index is 0.273. The van der Waals surface area contributed by atoms with Gasteiger partial charge in [0.15, 0.2) is 0 Å². The van der Waals surface area contributed by atoms with E-state index in [-0.39, 0.29) is 5.41 Å². The molecule has 0 atom stereocenters. The summed E-state index contributed by atoms with van der Waals surface area (Å²) in [5.74, 6) is 1.15. The molecular weight excluding hydrogens is 202 g/mol. The molecule has 0 radical (unpaired) electrons. The van der Waals surface area contributed by atoms with Crippen molar-refractivity contribution < 1.29 is 0 Å². The molecule has 84 valence electrons. The van der Waals surface area contributed by atoms with E-state index in [1.165, 1.54) is 16.9 Å². The summed E-state index contributed by atoms with van der Waals surface area (Å²) >= 11 is 1.93. The molecule has 0 aliphatic rings. The highest BCUT2D eigenvalue weighted by atomic mass is 32.2. The molecule has 0 aliphatic carbocycles. The fourth-order valence-corrected chi connectivity index (χ4v) is 2.60. The zero-order valence-electron chi connectivity index (χ0n) is 9.92. The van der Waals surface area contributed by atoms with Crippen LogP contribution in [-0.4, -0.2) is 12.3 Å². The predicted octanol–water partition coefficient (Wildman–Crippen LogP) is 3.46. The van der Waals surface area contributed by atoms with Crippen molar-refractivity contribution in [3.05, 3.63) is 29.8 Å². The summed E-state index contributed by atoms with van der Waals surface area (Å²) < 4.78 is 0. The summed E-state index contributed by atoms with van der Waals surface area (Å²) in [5.41, 5.74) is 7.35. The van der Waals surface area contributed by atoms with Crippen LogP contribution in [0.5, 0.6) is 0 Å². The van der Waals surface area contributed by atoms with Crippen molar-refractivity contribution in [3.63, 3.8) is 0 Å². The normalized spacial score (nSPS) is 11.7. The maximum absolute atomic E-state index is 5.71. The number of hydrogen-bond donors (Lipinski definition) is 1. The molecule has 15 heavy (non-hydrogen) atoms. The van der Waals surface area contributed by atoms with E-state index in [1.54, 1.807) is 0 Å². The molecule has 0 amide bonds. The average Bonchev–Trinajstić information content (AvgIpc) is 2.21. The first-order valence-electron chi connectivity index (χ1n) is 5.44. The Balaban J connectivity index is 2.42. The molecule has 0 aromatic heterocycles. The highest BCUT2D eigenvalue weighted by Gasteiger charge is 2.14. The Morgan fingerprint density at radius 3 is 2.53 bits per heavy atom. The Labute approximate surface area is 97.4 Å². The minimum absolute atomic E-state index is 0.273. The summed E-state index contributed by atoms with van der Waals surface area (Å²) in [6, 6.07) is 8.54. The van der Waals surface area contributed by atoms with Gasteiger partial charge in [-0.05, 0) is 42.7 Å². The third kappa shape index (κ3) is 4.27. The second-order valence-electron chi connectivity index (χ2n) is 4.73. The van der Waals surface area contributed by atoms with Crippen LogP contribution >= 0.6 is 11.8 Å². The van der Waals surface area contributed by atoms with Gasteiger partial charge in [0.1, 0.15) is 0 Å². The maximum atomic E-state index is 5.71. The smallest absolute Gasteiger partial charge is 0.0101 e. The summed E-state index contributed by atoms with van der Waals surface area (Å²) in [6.07, 6.45) is 1.17. The highest BCUT2D eigenvalue weighted by molar-refractivity contribution is 7.99. The van der Waals surface area contributed by atoms with Gasteiger partial charge in [-0.2, -0.15) is 0 Å². The van der Waals surface area contributed by atoms with Gasteiger partial charge < -0.3 is 5.73 Å². The zero-order valence-corrected chi connectivity index (χ0v) is 10.7. The summed E-state index contributed by atoms with van der Waals surface area (Å²) in [7, 11) is 0. The van der Waals surface area contributed by atoms with Crippen LogP contribution in [0.15, 0.2) is 29.2 Å². The van der Waals surface area contributed by atoms with Crippen LogP contribution in [0.25, 0.3) is 0 Å². The van der Waals surface area contributed by atoms with Crippen molar-refractivity contribution in [1.29, 1.82) is 0 Å². The fourth-order valence-electron chi connectivity index (χ4n) is 1.26. The van der Waals surface area contributed by atoms with Gasteiger partial charge in [0.25, 0.3) is 0 Å². The molecule has 0 saturated carbocycles. The Morgan fingerprint density at radius 1 is 1.27 bits per heavy atom. The Morgan fingerprint density at radius 2 is 1.93 bits per heavy atom. The van der Waals surface area contributed by atoms with Gasteiger partial charge in [-0.1, -0.05) is 32.0 Å². The number of aryl methyl sites for hydroxylation is 1. The van der Waals surface area contributed by atoms with E-state index in [4.69, 9.17) is 5.73 Å². The number of hydrogen-bond acceptors (Lipinski definition) is 2. The monoisotopic (exact) mass is 223 g/mol. The molecule has 1 rings (SSSR count). The third-order valence-corrected chi connectivity index (χ3v) is 3.86. The molecule has 1 aromatic rings. The van der Waals surface area contributed by atoms with E-state index >= 15 is 0 Å². The number of thioether (sulfide) groups is 1. The molecule has 2 heteroatoms. The Hall–Kier alpha value is -0.470. The fraction of sp³-hybridized carbons (Fsp3) is 0.538. The van der Waals surface area contributed by atoms with E-state index in [0.29, 0.717) is 0 Å². The first-order chi connectivity index (χ1) is 7.05. The van der Waals surface area contributed by atoms with Crippen LogP contribution in [0.4, 0.5) is 0 Å². The highest BCUT2D eigenvalue weighted by Crippen LogP contribution is 2.27. The number of nitrogens with two attached hydrogens (primary N) is 1. The predicted molar refractivity (Wildman–Crippen MR) is 69.4 cm³/mol. The van der Waals surface area contributed by atoms with Crippen LogP contribution in [0, 0.1) is 12.3 Å². The first kappa shape index (κ1) is 12.6. The lowest BCUT2D eigenvalue weighted by Crippen LogP contribution is -2.24. The van der Waals surface area contributed by atoms with E-state index < -0.39 is 0 Å². The lowest BCUT2D eigenvalue weighted by molar-refractivity contribution is 0.368. The summed E-state index contributed by atoms with van der Waals surface area (Å²) in [6.45, 7) is 7.38. The molecule has 1 aromatic carbocycles. The lowest BCUT2D eigenvalue weighted by Gasteiger charge is -2.21. The van der Waals surface area contributed by atoms with Crippen molar-refractivity contribution in [2.75, 3.05) is 12.3 Å². The van der Waals surface area contributed by atoms with E-state index in [9.17, 15) is 0 Å². The van der Waals surface area contributed by atoms with Crippen molar-refractivity contribution >= 4 is 11.8 Å². The van der Waals surface area contributed by atoms with Gasteiger partial charge in [0.2, 0.25) is 0 Å². The molecular formula is C13H21NS. The van der Waals surface area contributed by atoms with Gasteiger partial charge in [0.05, 0.1) is 0 Å². The van der Waals surface area contributed by atoms with Gasteiger partial charge >= 0.3 is 0 Å². The van der Waals surface area contributed by atoms with Crippen LogP contribution in [-0.2, 0) is 0 Å². The molecule has 2 N–H and O–H groups in total. The molecule has 0 heterocycles. The zero-order chi connectivity index (χ0) is 11.3. The molecule has 0 aliphatic heterocycles.